The number of rotatable bonds is 5. The number of methoxy groups -OCH3 is 1. The molecule has 26 heavy (non-hydrogen) atoms. The molecule has 6 heteroatoms. The lowest BCUT2D eigenvalue weighted by Crippen LogP contribution is -2.39. The molecule has 2 aromatic carbocycles. The van der Waals surface area contributed by atoms with E-state index in [1.807, 2.05) is 54.6 Å². The maximum absolute atomic E-state index is 12.7. The van der Waals surface area contributed by atoms with Crippen molar-refractivity contribution in [1.82, 2.24) is 10.3 Å². The second kappa shape index (κ2) is 7.82. The second-order valence-corrected chi connectivity index (χ2v) is 6.05. The number of hydrogen-bond acceptors (Lipinski definition) is 4. The SMILES string of the molecule is COc1ccc(C(NC(=O)C2=NN(C)C(=O)CC2)c2ccccc2)cc1. The largest absolute Gasteiger partial charge is 0.497 e. The van der Waals surface area contributed by atoms with E-state index in [1.54, 1.807) is 14.2 Å². The average Bonchev–Trinajstić information content (AvgIpc) is 2.69. The smallest absolute Gasteiger partial charge is 0.268 e. The van der Waals surface area contributed by atoms with Gasteiger partial charge in [-0.3, -0.25) is 9.59 Å². The summed E-state index contributed by atoms with van der Waals surface area (Å²) in [5.74, 6) is 0.397. The minimum atomic E-state index is -0.319. The Hall–Kier alpha value is -3.15. The van der Waals surface area contributed by atoms with Crippen molar-refractivity contribution in [2.45, 2.75) is 18.9 Å². The third-order valence-electron chi connectivity index (χ3n) is 4.33. The first-order chi connectivity index (χ1) is 12.6. The van der Waals surface area contributed by atoms with E-state index >= 15 is 0 Å². The Balaban J connectivity index is 1.87. The van der Waals surface area contributed by atoms with Gasteiger partial charge in [0.2, 0.25) is 5.91 Å². The van der Waals surface area contributed by atoms with Crippen LogP contribution >= 0.6 is 0 Å². The highest BCUT2D eigenvalue weighted by atomic mass is 16.5. The summed E-state index contributed by atoms with van der Waals surface area (Å²) >= 11 is 0. The van der Waals surface area contributed by atoms with Crippen LogP contribution in [-0.2, 0) is 9.59 Å². The standard InChI is InChI=1S/C20H21N3O3/c1-23-18(24)13-12-17(22-23)20(25)21-19(14-6-4-3-5-7-14)15-8-10-16(26-2)11-9-15/h3-11,19H,12-13H2,1-2H3,(H,21,25). The van der Waals surface area contributed by atoms with Crippen molar-refractivity contribution in [3.05, 3.63) is 65.7 Å². The molecule has 1 N–H and O–H groups in total. The fourth-order valence-electron chi connectivity index (χ4n) is 2.85. The van der Waals surface area contributed by atoms with Crippen molar-refractivity contribution in [1.29, 1.82) is 0 Å². The van der Waals surface area contributed by atoms with Crippen molar-refractivity contribution in [3.8, 4) is 5.75 Å². The van der Waals surface area contributed by atoms with Gasteiger partial charge in [0.25, 0.3) is 5.91 Å². The number of nitrogens with one attached hydrogen (secondary N) is 1. The van der Waals surface area contributed by atoms with E-state index in [9.17, 15) is 9.59 Å². The molecule has 1 unspecified atom stereocenters. The summed E-state index contributed by atoms with van der Waals surface area (Å²) in [5, 5.41) is 8.37. The molecule has 0 spiro atoms. The quantitative estimate of drug-likeness (QED) is 0.900. The zero-order valence-corrected chi connectivity index (χ0v) is 14.8. The fourth-order valence-corrected chi connectivity index (χ4v) is 2.85. The highest BCUT2D eigenvalue weighted by molar-refractivity contribution is 6.39. The summed E-state index contributed by atoms with van der Waals surface area (Å²) < 4.78 is 5.21. The van der Waals surface area contributed by atoms with Gasteiger partial charge in [-0.2, -0.15) is 5.10 Å². The molecule has 0 saturated carbocycles. The van der Waals surface area contributed by atoms with E-state index in [4.69, 9.17) is 4.74 Å². The molecule has 1 atom stereocenters. The maximum atomic E-state index is 12.7. The molecule has 0 fully saturated rings. The van der Waals surface area contributed by atoms with Crippen LogP contribution in [0.3, 0.4) is 0 Å². The van der Waals surface area contributed by atoms with Crippen LogP contribution < -0.4 is 10.1 Å². The van der Waals surface area contributed by atoms with E-state index in [-0.39, 0.29) is 17.9 Å². The number of hydrogen-bond donors (Lipinski definition) is 1. The molecule has 3 rings (SSSR count). The maximum Gasteiger partial charge on any atom is 0.268 e. The summed E-state index contributed by atoms with van der Waals surface area (Å²) in [6.07, 6.45) is 0.639. The number of carbonyl (C=O) groups is 2. The normalized spacial score (nSPS) is 15.2. The van der Waals surface area contributed by atoms with E-state index in [0.29, 0.717) is 18.6 Å². The highest BCUT2D eigenvalue weighted by Gasteiger charge is 2.25. The first-order valence-electron chi connectivity index (χ1n) is 8.42. The van der Waals surface area contributed by atoms with Gasteiger partial charge in [0.1, 0.15) is 11.5 Å². The van der Waals surface area contributed by atoms with Crippen LogP contribution in [0.15, 0.2) is 59.7 Å². The van der Waals surface area contributed by atoms with Gasteiger partial charge in [-0.05, 0) is 23.3 Å². The third-order valence-corrected chi connectivity index (χ3v) is 4.33. The Bertz CT molecular complexity index is 816. The van der Waals surface area contributed by atoms with Crippen molar-refractivity contribution in [3.63, 3.8) is 0 Å². The van der Waals surface area contributed by atoms with E-state index < -0.39 is 0 Å². The molecular formula is C20H21N3O3. The predicted octanol–water partition coefficient (Wildman–Crippen LogP) is 2.51. The lowest BCUT2D eigenvalue weighted by Gasteiger charge is -2.23. The fraction of sp³-hybridized carbons (Fsp3) is 0.250. The van der Waals surface area contributed by atoms with Crippen LogP contribution in [0.25, 0.3) is 0 Å². The number of amides is 2. The topological polar surface area (TPSA) is 71.0 Å². The van der Waals surface area contributed by atoms with Crippen molar-refractivity contribution in [2.24, 2.45) is 5.10 Å². The van der Waals surface area contributed by atoms with Crippen LogP contribution in [0.1, 0.15) is 30.0 Å². The molecule has 0 aromatic heterocycles. The van der Waals surface area contributed by atoms with Gasteiger partial charge < -0.3 is 10.1 Å². The van der Waals surface area contributed by atoms with Gasteiger partial charge in [-0.1, -0.05) is 42.5 Å². The minimum Gasteiger partial charge on any atom is -0.497 e. The summed E-state index contributed by atoms with van der Waals surface area (Å²) in [7, 11) is 3.18. The van der Waals surface area contributed by atoms with Gasteiger partial charge in [-0.25, -0.2) is 5.01 Å². The molecule has 0 aliphatic carbocycles. The predicted molar refractivity (Wildman–Crippen MR) is 98.9 cm³/mol. The average molecular weight is 351 g/mol. The Labute approximate surface area is 152 Å². The van der Waals surface area contributed by atoms with Crippen LogP contribution in [-0.4, -0.2) is 36.7 Å². The summed E-state index contributed by atoms with van der Waals surface area (Å²) in [4.78, 5) is 24.3. The number of ether oxygens (including phenoxy) is 1. The van der Waals surface area contributed by atoms with Crippen LogP contribution in [0.2, 0.25) is 0 Å². The number of benzene rings is 2. The molecule has 134 valence electrons. The van der Waals surface area contributed by atoms with Crippen molar-refractivity contribution >= 4 is 17.5 Å². The summed E-state index contributed by atoms with van der Waals surface area (Å²) in [5.41, 5.74) is 2.26. The summed E-state index contributed by atoms with van der Waals surface area (Å²) in [6, 6.07) is 17.0. The molecular weight excluding hydrogens is 330 g/mol. The molecule has 2 amide bonds. The van der Waals surface area contributed by atoms with E-state index in [1.165, 1.54) is 5.01 Å². The molecule has 1 heterocycles. The lowest BCUT2D eigenvalue weighted by molar-refractivity contribution is -0.130. The number of hydrazone groups is 1. The molecule has 2 aromatic rings. The highest BCUT2D eigenvalue weighted by Crippen LogP contribution is 2.24. The van der Waals surface area contributed by atoms with Gasteiger partial charge in [0.05, 0.1) is 13.2 Å². The Morgan fingerprint density at radius 3 is 2.35 bits per heavy atom. The molecule has 1 aliphatic heterocycles. The Morgan fingerprint density at radius 1 is 1.08 bits per heavy atom. The van der Waals surface area contributed by atoms with Crippen molar-refractivity contribution in [2.75, 3.05) is 14.2 Å². The lowest BCUT2D eigenvalue weighted by atomic mass is 9.98. The third kappa shape index (κ3) is 3.91. The monoisotopic (exact) mass is 351 g/mol. The first kappa shape index (κ1) is 17.7. The van der Waals surface area contributed by atoms with Crippen LogP contribution in [0.5, 0.6) is 5.75 Å². The Morgan fingerprint density at radius 2 is 1.73 bits per heavy atom. The molecule has 6 nitrogen and oxygen atoms in total. The van der Waals surface area contributed by atoms with E-state index in [2.05, 4.69) is 10.4 Å². The zero-order chi connectivity index (χ0) is 18.5. The first-order valence-corrected chi connectivity index (χ1v) is 8.42. The van der Waals surface area contributed by atoms with Crippen LogP contribution in [0.4, 0.5) is 0 Å². The molecule has 0 bridgehead atoms. The van der Waals surface area contributed by atoms with Gasteiger partial charge in [-0.15, -0.1) is 0 Å². The zero-order valence-electron chi connectivity index (χ0n) is 14.8. The molecule has 1 aliphatic rings. The number of carbonyl (C=O) groups excluding carboxylic acids is 2. The van der Waals surface area contributed by atoms with Crippen LogP contribution in [0, 0.1) is 0 Å². The minimum absolute atomic E-state index is 0.0867. The Kier molecular flexibility index (Phi) is 5.31. The van der Waals surface area contributed by atoms with Crippen molar-refractivity contribution < 1.29 is 14.3 Å². The molecule has 0 radical (unpaired) electrons. The van der Waals surface area contributed by atoms with E-state index in [0.717, 1.165) is 16.9 Å². The van der Waals surface area contributed by atoms with Gasteiger partial charge in [0.15, 0.2) is 0 Å². The summed E-state index contributed by atoms with van der Waals surface area (Å²) in [6.45, 7) is 0. The second-order valence-electron chi connectivity index (χ2n) is 6.05. The van der Waals surface area contributed by atoms with Gasteiger partial charge >= 0.3 is 0 Å². The van der Waals surface area contributed by atoms with Gasteiger partial charge in [0, 0.05) is 19.9 Å². The number of nitrogens with zero attached hydrogens (tertiary/aromatic N) is 2. The molecule has 0 saturated heterocycles.